The van der Waals surface area contributed by atoms with Crippen LogP contribution in [0, 0.1) is 0 Å². The van der Waals surface area contributed by atoms with Crippen LogP contribution in [-0.2, 0) is 13.6 Å². The van der Waals surface area contributed by atoms with Crippen LogP contribution in [0.4, 0.5) is 0 Å². The molecule has 0 atom stereocenters. The number of rotatable bonds is 3. The molecule has 0 N–H and O–H groups in total. The van der Waals surface area contributed by atoms with E-state index in [1.165, 1.54) is 38.9 Å². The van der Waals surface area contributed by atoms with Crippen molar-refractivity contribution < 1.29 is 17.0 Å². The molecule has 0 aliphatic carbocycles. The zero-order valence-corrected chi connectivity index (χ0v) is 10.2. The molecule has 3 nitrogen and oxygen atoms in total. The van der Waals surface area contributed by atoms with Gasteiger partial charge in [-0.3, -0.25) is 4.90 Å². The number of imidazole rings is 1. The molecule has 0 spiro atoms. The van der Waals surface area contributed by atoms with E-state index in [1.807, 2.05) is 0 Å². The number of nitrogens with zero attached hydrogens (tertiary/aromatic N) is 3. The van der Waals surface area contributed by atoms with Crippen molar-refractivity contribution in [3.63, 3.8) is 0 Å². The summed E-state index contributed by atoms with van der Waals surface area (Å²) >= 11 is 0. The minimum absolute atomic E-state index is 0. The Balaban J connectivity index is 0.00000112. The molecule has 1 saturated heterocycles. The first kappa shape index (κ1) is 12.5. The summed E-state index contributed by atoms with van der Waals surface area (Å²) in [6.45, 7) is 4.93. The van der Waals surface area contributed by atoms with Gasteiger partial charge >= 0.3 is 0 Å². The fourth-order valence-electron chi connectivity index (χ4n) is 2.07. The maximum atomic E-state index is 2.57. The van der Waals surface area contributed by atoms with Crippen LogP contribution in [0.2, 0.25) is 0 Å². The Hall–Kier alpha value is -0.540. The third-order valence-corrected chi connectivity index (χ3v) is 2.95. The smallest absolute Gasteiger partial charge is 0.243 e. The van der Waals surface area contributed by atoms with Gasteiger partial charge in [0.05, 0.1) is 7.05 Å². The largest absolute Gasteiger partial charge is 1.00 e. The molecule has 86 valence electrons. The monoisotopic (exact) mass is 229 g/mol. The summed E-state index contributed by atoms with van der Waals surface area (Å²) in [6, 6.07) is 0. The maximum absolute atomic E-state index is 2.57. The van der Waals surface area contributed by atoms with Gasteiger partial charge in [-0.2, -0.15) is 0 Å². The Morgan fingerprint density at radius 3 is 2.53 bits per heavy atom. The second kappa shape index (κ2) is 6.13. The molecule has 2 rings (SSSR count). The molecule has 0 radical (unpaired) electrons. The van der Waals surface area contributed by atoms with Gasteiger partial charge in [0.2, 0.25) is 6.33 Å². The Bertz CT molecular complexity index is 279. The van der Waals surface area contributed by atoms with Crippen LogP contribution in [0.15, 0.2) is 18.7 Å². The molecule has 4 heteroatoms. The number of aryl methyl sites for hydroxylation is 1. The molecule has 0 saturated carbocycles. The van der Waals surface area contributed by atoms with E-state index in [4.69, 9.17) is 0 Å². The molecular formula is C11H20ClN3. The molecule has 0 amide bonds. The first-order valence-electron chi connectivity index (χ1n) is 5.58. The van der Waals surface area contributed by atoms with Crippen LogP contribution < -0.4 is 17.0 Å². The van der Waals surface area contributed by atoms with Gasteiger partial charge in [0, 0.05) is 6.54 Å². The lowest BCUT2D eigenvalue weighted by atomic mass is 10.1. The predicted molar refractivity (Wildman–Crippen MR) is 55.9 cm³/mol. The van der Waals surface area contributed by atoms with Gasteiger partial charge in [-0.1, -0.05) is 6.42 Å². The SMILES string of the molecule is Cn1cc[n+](CCN2CCCCC2)c1.[Cl-]. The van der Waals surface area contributed by atoms with Crippen molar-refractivity contribution in [3.8, 4) is 0 Å². The minimum Gasteiger partial charge on any atom is -1.00 e. The Kier molecular flexibility index (Phi) is 5.12. The van der Waals surface area contributed by atoms with Gasteiger partial charge in [-0.25, -0.2) is 9.13 Å². The van der Waals surface area contributed by atoms with Gasteiger partial charge in [0.15, 0.2) is 0 Å². The average Bonchev–Trinajstić information content (AvgIpc) is 2.63. The zero-order chi connectivity index (χ0) is 9.80. The molecule has 1 aliphatic heterocycles. The minimum atomic E-state index is 0. The first-order valence-corrected chi connectivity index (χ1v) is 5.58. The Morgan fingerprint density at radius 1 is 1.20 bits per heavy atom. The third-order valence-electron chi connectivity index (χ3n) is 2.95. The lowest BCUT2D eigenvalue weighted by molar-refractivity contribution is -0.696. The summed E-state index contributed by atoms with van der Waals surface area (Å²) in [6.07, 6.45) is 10.6. The molecule has 15 heavy (non-hydrogen) atoms. The highest BCUT2D eigenvalue weighted by atomic mass is 35.5. The molecule has 0 unspecified atom stereocenters. The van der Waals surface area contributed by atoms with Gasteiger partial charge in [-0.05, 0) is 25.9 Å². The zero-order valence-electron chi connectivity index (χ0n) is 9.40. The van der Waals surface area contributed by atoms with E-state index in [-0.39, 0.29) is 12.4 Å². The van der Waals surface area contributed by atoms with Gasteiger partial charge in [-0.15, -0.1) is 0 Å². The van der Waals surface area contributed by atoms with E-state index in [1.54, 1.807) is 0 Å². The number of likely N-dealkylation sites (tertiary alicyclic amines) is 1. The summed E-state index contributed by atoms with van der Waals surface area (Å²) < 4.78 is 4.35. The fourth-order valence-corrected chi connectivity index (χ4v) is 2.07. The van der Waals surface area contributed by atoms with E-state index in [0.29, 0.717) is 0 Å². The van der Waals surface area contributed by atoms with Crippen LogP contribution in [0.1, 0.15) is 19.3 Å². The van der Waals surface area contributed by atoms with E-state index < -0.39 is 0 Å². The Morgan fingerprint density at radius 2 is 1.93 bits per heavy atom. The molecule has 0 aromatic carbocycles. The summed E-state index contributed by atoms with van der Waals surface area (Å²) in [5.41, 5.74) is 0. The van der Waals surface area contributed by atoms with Crippen LogP contribution >= 0.6 is 0 Å². The van der Waals surface area contributed by atoms with Crippen LogP contribution in [0.3, 0.4) is 0 Å². The number of hydrogen-bond donors (Lipinski definition) is 0. The second-order valence-corrected chi connectivity index (χ2v) is 4.22. The van der Waals surface area contributed by atoms with Gasteiger partial charge in [0.25, 0.3) is 0 Å². The van der Waals surface area contributed by atoms with Gasteiger partial charge < -0.3 is 12.4 Å². The van der Waals surface area contributed by atoms with Crippen LogP contribution in [-0.4, -0.2) is 29.1 Å². The molecule has 1 fully saturated rings. The summed E-state index contributed by atoms with van der Waals surface area (Å²) in [5.74, 6) is 0. The number of hydrogen-bond acceptors (Lipinski definition) is 1. The van der Waals surface area contributed by atoms with Crippen molar-refractivity contribution in [2.75, 3.05) is 19.6 Å². The van der Waals surface area contributed by atoms with Gasteiger partial charge in [0.1, 0.15) is 18.9 Å². The fraction of sp³-hybridized carbons (Fsp3) is 0.727. The normalized spacial score (nSPS) is 17.4. The molecular weight excluding hydrogens is 210 g/mol. The first-order chi connectivity index (χ1) is 6.84. The van der Waals surface area contributed by atoms with E-state index in [0.717, 1.165) is 6.54 Å². The Labute approximate surface area is 98.1 Å². The highest BCUT2D eigenvalue weighted by molar-refractivity contribution is 4.64. The van der Waals surface area contributed by atoms with Crippen LogP contribution in [0.25, 0.3) is 0 Å². The highest BCUT2D eigenvalue weighted by Gasteiger charge is 2.10. The molecule has 0 bridgehead atoms. The summed E-state index contributed by atoms with van der Waals surface area (Å²) in [5, 5.41) is 0. The standard InChI is InChI=1S/C11H20N3.ClH/c1-12-7-8-14(11-12)10-9-13-5-3-2-4-6-13;/h7-8,11H,2-6,9-10H2,1H3;1H/q+1;/p-1. The van der Waals surface area contributed by atoms with Crippen molar-refractivity contribution in [1.82, 2.24) is 9.47 Å². The predicted octanol–water partition coefficient (Wildman–Crippen LogP) is -2.20. The van der Waals surface area contributed by atoms with Crippen molar-refractivity contribution in [1.29, 1.82) is 0 Å². The van der Waals surface area contributed by atoms with E-state index in [2.05, 4.69) is 39.8 Å². The van der Waals surface area contributed by atoms with Crippen molar-refractivity contribution in [2.24, 2.45) is 7.05 Å². The topological polar surface area (TPSA) is 12.0 Å². The molecule has 1 aromatic heterocycles. The number of halogens is 1. The summed E-state index contributed by atoms with van der Waals surface area (Å²) in [7, 11) is 2.07. The van der Waals surface area contributed by atoms with Crippen molar-refractivity contribution in [2.45, 2.75) is 25.8 Å². The highest BCUT2D eigenvalue weighted by Crippen LogP contribution is 2.07. The third kappa shape index (κ3) is 3.84. The summed E-state index contributed by atoms with van der Waals surface area (Å²) in [4.78, 5) is 2.57. The molecule has 1 aromatic rings. The number of aromatic nitrogens is 2. The van der Waals surface area contributed by atoms with Crippen LogP contribution in [0.5, 0.6) is 0 Å². The van der Waals surface area contributed by atoms with Crippen molar-refractivity contribution in [3.05, 3.63) is 18.7 Å². The number of piperidine rings is 1. The molecule has 2 heterocycles. The average molecular weight is 230 g/mol. The van der Waals surface area contributed by atoms with Crippen molar-refractivity contribution >= 4 is 0 Å². The quantitative estimate of drug-likeness (QED) is 0.536. The second-order valence-electron chi connectivity index (χ2n) is 4.22. The maximum Gasteiger partial charge on any atom is 0.243 e. The van der Waals surface area contributed by atoms with E-state index in [9.17, 15) is 0 Å². The molecule has 1 aliphatic rings. The van der Waals surface area contributed by atoms with E-state index >= 15 is 0 Å². The lowest BCUT2D eigenvalue weighted by Gasteiger charge is -2.25. The lowest BCUT2D eigenvalue weighted by Crippen LogP contribution is -3.00.